The SMILES string of the molecule is C[C@H](c1ccncc1)N(C)Cc1cc2ccc(F)cc2[nH]c1=O. The van der Waals surface area contributed by atoms with Gasteiger partial charge in [-0.15, -0.1) is 0 Å². The van der Waals surface area contributed by atoms with Gasteiger partial charge in [-0.05, 0) is 61.3 Å². The summed E-state index contributed by atoms with van der Waals surface area (Å²) in [6, 6.07) is 10.3. The standard InChI is InChI=1S/C18H18FN3O/c1-12(13-5-7-20-8-6-13)22(2)11-15-9-14-3-4-16(19)10-17(14)21-18(15)23/h3-10,12H,11H2,1-2H3,(H,21,23)/t12-/m1/s1. The molecule has 0 unspecified atom stereocenters. The van der Waals surface area contributed by atoms with Gasteiger partial charge in [0, 0.05) is 30.5 Å². The molecule has 5 heteroatoms. The Hall–Kier alpha value is -2.53. The number of nitrogens with one attached hydrogen (secondary N) is 1. The van der Waals surface area contributed by atoms with Crippen molar-refractivity contribution in [2.75, 3.05) is 7.05 Å². The van der Waals surface area contributed by atoms with Gasteiger partial charge in [-0.2, -0.15) is 0 Å². The van der Waals surface area contributed by atoms with Crippen molar-refractivity contribution >= 4 is 10.9 Å². The van der Waals surface area contributed by atoms with Crippen LogP contribution in [0, 0.1) is 5.82 Å². The molecule has 1 atom stereocenters. The first kappa shape index (κ1) is 15.4. The number of rotatable bonds is 4. The van der Waals surface area contributed by atoms with Crippen molar-refractivity contribution in [3.8, 4) is 0 Å². The van der Waals surface area contributed by atoms with Crippen molar-refractivity contribution in [2.45, 2.75) is 19.5 Å². The molecule has 0 fully saturated rings. The van der Waals surface area contributed by atoms with Crippen LogP contribution in [0.1, 0.15) is 24.1 Å². The minimum absolute atomic E-state index is 0.154. The van der Waals surface area contributed by atoms with E-state index in [-0.39, 0.29) is 17.4 Å². The lowest BCUT2D eigenvalue weighted by atomic mass is 10.1. The minimum Gasteiger partial charge on any atom is -0.322 e. The van der Waals surface area contributed by atoms with Crippen LogP contribution in [-0.4, -0.2) is 21.9 Å². The molecule has 0 saturated carbocycles. The second kappa shape index (κ2) is 6.30. The molecule has 23 heavy (non-hydrogen) atoms. The summed E-state index contributed by atoms with van der Waals surface area (Å²) in [6.45, 7) is 2.59. The van der Waals surface area contributed by atoms with Gasteiger partial charge in [-0.25, -0.2) is 4.39 Å². The van der Waals surface area contributed by atoms with E-state index in [1.54, 1.807) is 18.5 Å². The highest BCUT2D eigenvalue weighted by Crippen LogP contribution is 2.20. The zero-order valence-corrected chi connectivity index (χ0v) is 13.1. The van der Waals surface area contributed by atoms with Crippen LogP contribution in [0.25, 0.3) is 10.9 Å². The average Bonchev–Trinajstić information content (AvgIpc) is 2.55. The molecule has 4 nitrogen and oxygen atoms in total. The summed E-state index contributed by atoms with van der Waals surface area (Å²) in [4.78, 5) is 21.1. The maximum atomic E-state index is 13.2. The number of H-pyrrole nitrogens is 1. The van der Waals surface area contributed by atoms with E-state index in [4.69, 9.17) is 0 Å². The number of nitrogens with zero attached hydrogens (tertiary/aromatic N) is 2. The molecule has 0 spiro atoms. The van der Waals surface area contributed by atoms with Crippen molar-refractivity contribution in [3.63, 3.8) is 0 Å². The van der Waals surface area contributed by atoms with E-state index in [1.165, 1.54) is 12.1 Å². The van der Waals surface area contributed by atoms with Crippen molar-refractivity contribution in [3.05, 3.63) is 76.1 Å². The normalized spacial score (nSPS) is 12.7. The molecule has 2 heterocycles. The number of aromatic amines is 1. The quantitative estimate of drug-likeness (QED) is 0.804. The third-order valence-electron chi connectivity index (χ3n) is 4.15. The van der Waals surface area contributed by atoms with Crippen LogP contribution in [0.3, 0.4) is 0 Å². The Morgan fingerprint density at radius 1 is 1.22 bits per heavy atom. The Kier molecular flexibility index (Phi) is 4.21. The maximum absolute atomic E-state index is 13.2. The van der Waals surface area contributed by atoms with Crippen LogP contribution in [0.4, 0.5) is 4.39 Å². The van der Waals surface area contributed by atoms with Crippen molar-refractivity contribution < 1.29 is 4.39 Å². The Morgan fingerprint density at radius 3 is 2.70 bits per heavy atom. The molecule has 0 aliphatic carbocycles. The van der Waals surface area contributed by atoms with Gasteiger partial charge in [0.05, 0.1) is 5.52 Å². The van der Waals surface area contributed by atoms with Crippen molar-refractivity contribution in [1.82, 2.24) is 14.9 Å². The lowest BCUT2D eigenvalue weighted by molar-refractivity contribution is 0.252. The van der Waals surface area contributed by atoms with Crippen molar-refractivity contribution in [1.29, 1.82) is 0 Å². The zero-order chi connectivity index (χ0) is 16.4. The van der Waals surface area contributed by atoms with Crippen molar-refractivity contribution in [2.24, 2.45) is 0 Å². The summed E-state index contributed by atoms with van der Waals surface area (Å²) < 4.78 is 13.2. The maximum Gasteiger partial charge on any atom is 0.252 e. The molecule has 1 aromatic carbocycles. The molecule has 118 valence electrons. The summed E-state index contributed by atoms with van der Waals surface area (Å²) in [7, 11) is 1.97. The molecular weight excluding hydrogens is 293 g/mol. The van der Waals surface area contributed by atoms with Crippen LogP contribution in [0.5, 0.6) is 0 Å². The second-order valence-corrected chi connectivity index (χ2v) is 5.73. The Labute approximate surface area is 133 Å². The fourth-order valence-electron chi connectivity index (χ4n) is 2.64. The third kappa shape index (κ3) is 3.29. The minimum atomic E-state index is -0.357. The van der Waals surface area contributed by atoms with Crippen LogP contribution in [-0.2, 0) is 6.54 Å². The van der Waals surface area contributed by atoms with E-state index in [0.717, 1.165) is 10.9 Å². The number of hydrogen-bond donors (Lipinski definition) is 1. The summed E-state index contributed by atoms with van der Waals surface area (Å²) in [5.41, 5.74) is 2.13. The number of hydrogen-bond acceptors (Lipinski definition) is 3. The van der Waals surface area contributed by atoms with Crippen LogP contribution in [0.15, 0.2) is 53.6 Å². The molecule has 0 bridgehead atoms. The predicted molar refractivity (Wildman–Crippen MR) is 88.6 cm³/mol. The van der Waals surface area contributed by atoms with E-state index in [0.29, 0.717) is 17.6 Å². The monoisotopic (exact) mass is 311 g/mol. The van der Waals surface area contributed by atoms with Gasteiger partial charge in [-0.3, -0.25) is 14.7 Å². The summed E-state index contributed by atoms with van der Waals surface area (Å²) in [6.07, 6.45) is 3.52. The number of fused-ring (bicyclic) bond motifs is 1. The van der Waals surface area contributed by atoms with E-state index in [9.17, 15) is 9.18 Å². The first-order valence-corrected chi connectivity index (χ1v) is 7.46. The lowest BCUT2D eigenvalue weighted by Crippen LogP contribution is -2.26. The Bertz CT molecular complexity index is 876. The van der Waals surface area contributed by atoms with Crippen LogP contribution < -0.4 is 5.56 Å². The molecule has 2 aromatic heterocycles. The van der Waals surface area contributed by atoms with E-state index in [2.05, 4.69) is 21.8 Å². The van der Waals surface area contributed by atoms with Gasteiger partial charge in [0.2, 0.25) is 0 Å². The highest BCUT2D eigenvalue weighted by atomic mass is 19.1. The number of pyridine rings is 2. The molecule has 0 aliphatic rings. The smallest absolute Gasteiger partial charge is 0.252 e. The van der Waals surface area contributed by atoms with Gasteiger partial charge >= 0.3 is 0 Å². The van der Waals surface area contributed by atoms with E-state index >= 15 is 0 Å². The lowest BCUT2D eigenvalue weighted by Gasteiger charge is -2.24. The first-order valence-electron chi connectivity index (χ1n) is 7.46. The molecule has 0 amide bonds. The first-order chi connectivity index (χ1) is 11.0. The average molecular weight is 311 g/mol. The van der Waals surface area contributed by atoms with Gasteiger partial charge < -0.3 is 4.98 Å². The Morgan fingerprint density at radius 2 is 1.96 bits per heavy atom. The summed E-state index contributed by atoms with van der Waals surface area (Å²) in [5, 5.41) is 0.825. The predicted octanol–water partition coefficient (Wildman–Crippen LogP) is 3.26. The largest absolute Gasteiger partial charge is 0.322 e. The van der Waals surface area contributed by atoms with Gasteiger partial charge in [0.1, 0.15) is 5.82 Å². The van der Waals surface area contributed by atoms with Gasteiger partial charge in [0.15, 0.2) is 0 Å². The van der Waals surface area contributed by atoms with Crippen LogP contribution in [0.2, 0.25) is 0 Å². The fraction of sp³-hybridized carbons (Fsp3) is 0.222. The molecule has 0 radical (unpaired) electrons. The fourth-order valence-corrected chi connectivity index (χ4v) is 2.64. The third-order valence-corrected chi connectivity index (χ3v) is 4.15. The Balaban J connectivity index is 1.87. The molecule has 3 rings (SSSR count). The van der Waals surface area contributed by atoms with Gasteiger partial charge in [0.25, 0.3) is 5.56 Å². The van der Waals surface area contributed by atoms with Crippen LogP contribution >= 0.6 is 0 Å². The molecule has 0 saturated heterocycles. The highest BCUT2D eigenvalue weighted by molar-refractivity contribution is 5.78. The summed E-state index contributed by atoms with van der Waals surface area (Å²) in [5.74, 6) is -0.357. The molecule has 3 aromatic rings. The second-order valence-electron chi connectivity index (χ2n) is 5.73. The summed E-state index contributed by atoms with van der Waals surface area (Å²) >= 11 is 0. The molecular formula is C18H18FN3O. The van der Waals surface area contributed by atoms with Gasteiger partial charge in [-0.1, -0.05) is 0 Å². The zero-order valence-electron chi connectivity index (χ0n) is 13.1. The number of benzene rings is 1. The number of halogens is 1. The van der Waals surface area contributed by atoms with E-state index in [1.807, 2.05) is 25.2 Å². The highest BCUT2D eigenvalue weighted by Gasteiger charge is 2.14. The van der Waals surface area contributed by atoms with E-state index < -0.39 is 0 Å². The topological polar surface area (TPSA) is 49.0 Å². The molecule has 0 aliphatic heterocycles. The number of aromatic nitrogens is 2. The molecule has 1 N–H and O–H groups in total.